The number of hydrogen-bond acceptors (Lipinski definition) is 1. The third-order valence-corrected chi connectivity index (χ3v) is 3.09. The van der Waals surface area contributed by atoms with Crippen LogP contribution in [0.5, 0.6) is 0 Å². The van der Waals surface area contributed by atoms with Crippen LogP contribution in [0, 0.1) is 17.8 Å². The predicted octanol–water partition coefficient (Wildman–Crippen LogP) is 2.67. The molecule has 1 aromatic rings. The maximum atomic E-state index is 10.0. The fourth-order valence-corrected chi connectivity index (χ4v) is 2.38. The molecule has 1 atom stereocenters. The second-order valence-electron chi connectivity index (χ2n) is 5.12. The summed E-state index contributed by atoms with van der Waals surface area (Å²) >= 11 is 0. The Hall–Kier alpha value is -1.26. The SMILES string of the molecule is C#Cc1ccc2c(c1)C(O)CC(C)(C)C2. The van der Waals surface area contributed by atoms with Crippen molar-refractivity contribution in [2.75, 3.05) is 0 Å². The monoisotopic (exact) mass is 200 g/mol. The molecule has 1 unspecified atom stereocenters. The van der Waals surface area contributed by atoms with Crippen LogP contribution in [0.25, 0.3) is 0 Å². The molecule has 0 fully saturated rings. The minimum Gasteiger partial charge on any atom is -0.388 e. The third kappa shape index (κ3) is 1.91. The Morgan fingerprint density at radius 1 is 1.47 bits per heavy atom. The lowest BCUT2D eigenvalue weighted by atomic mass is 9.73. The van der Waals surface area contributed by atoms with Gasteiger partial charge in [-0.1, -0.05) is 25.8 Å². The van der Waals surface area contributed by atoms with Gasteiger partial charge in [0.2, 0.25) is 0 Å². The average molecular weight is 200 g/mol. The van der Waals surface area contributed by atoms with E-state index in [9.17, 15) is 5.11 Å². The molecule has 0 saturated carbocycles. The van der Waals surface area contributed by atoms with Crippen molar-refractivity contribution in [1.82, 2.24) is 0 Å². The number of benzene rings is 1. The Kier molecular flexibility index (Phi) is 2.32. The van der Waals surface area contributed by atoms with Gasteiger partial charge in [0.15, 0.2) is 0 Å². The zero-order valence-corrected chi connectivity index (χ0v) is 9.25. The van der Waals surface area contributed by atoms with Crippen LogP contribution in [0.2, 0.25) is 0 Å². The maximum absolute atomic E-state index is 10.0. The number of aliphatic hydroxyl groups is 1. The van der Waals surface area contributed by atoms with Crippen LogP contribution in [-0.4, -0.2) is 5.11 Å². The van der Waals surface area contributed by atoms with E-state index in [0.717, 1.165) is 24.0 Å². The van der Waals surface area contributed by atoms with E-state index in [-0.39, 0.29) is 11.5 Å². The summed E-state index contributed by atoms with van der Waals surface area (Å²) in [6, 6.07) is 5.94. The number of rotatable bonds is 0. The van der Waals surface area contributed by atoms with Gasteiger partial charge in [0.1, 0.15) is 0 Å². The van der Waals surface area contributed by atoms with Gasteiger partial charge < -0.3 is 5.11 Å². The largest absolute Gasteiger partial charge is 0.388 e. The van der Waals surface area contributed by atoms with Gasteiger partial charge in [-0.15, -0.1) is 6.42 Å². The van der Waals surface area contributed by atoms with E-state index in [4.69, 9.17) is 6.42 Å². The lowest BCUT2D eigenvalue weighted by Gasteiger charge is -2.34. The van der Waals surface area contributed by atoms with Gasteiger partial charge in [0.25, 0.3) is 0 Å². The normalized spacial score (nSPS) is 22.9. The molecule has 0 aliphatic heterocycles. The van der Waals surface area contributed by atoms with E-state index >= 15 is 0 Å². The molecular weight excluding hydrogens is 184 g/mol. The molecule has 1 aromatic carbocycles. The van der Waals surface area contributed by atoms with Crippen molar-refractivity contribution >= 4 is 0 Å². The van der Waals surface area contributed by atoms with Crippen LogP contribution in [0.3, 0.4) is 0 Å². The van der Waals surface area contributed by atoms with Crippen molar-refractivity contribution in [3.63, 3.8) is 0 Å². The second-order valence-corrected chi connectivity index (χ2v) is 5.12. The van der Waals surface area contributed by atoms with E-state index in [1.807, 2.05) is 12.1 Å². The summed E-state index contributed by atoms with van der Waals surface area (Å²) in [5.74, 6) is 2.61. The Morgan fingerprint density at radius 3 is 2.87 bits per heavy atom. The van der Waals surface area contributed by atoms with Crippen LogP contribution < -0.4 is 0 Å². The van der Waals surface area contributed by atoms with Crippen LogP contribution in [0.4, 0.5) is 0 Å². The molecule has 1 heteroatoms. The molecular formula is C14H16O. The molecule has 0 bridgehead atoms. The zero-order chi connectivity index (χ0) is 11.1. The summed E-state index contributed by atoms with van der Waals surface area (Å²) < 4.78 is 0. The predicted molar refractivity (Wildman–Crippen MR) is 61.4 cm³/mol. The first-order chi connectivity index (χ1) is 7.02. The van der Waals surface area contributed by atoms with E-state index in [2.05, 4.69) is 25.8 Å². The van der Waals surface area contributed by atoms with Crippen molar-refractivity contribution < 1.29 is 5.11 Å². The Balaban J connectivity index is 2.47. The third-order valence-electron chi connectivity index (χ3n) is 3.09. The molecule has 15 heavy (non-hydrogen) atoms. The summed E-state index contributed by atoms with van der Waals surface area (Å²) in [5.41, 5.74) is 3.29. The highest BCUT2D eigenvalue weighted by molar-refractivity contribution is 5.42. The van der Waals surface area contributed by atoms with Crippen molar-refractivity contribution in [3.05, 3.63) is 34.9 Å². The zero-order valence-electron chi connectivity index (χ0n) is 9.25. The molecule has 0 radical (unpaired) electrons. The highest BCUT2D eigenvalue weighted by Crippen LogP contribution is 2.40. The van der Waals surface area contributed by atoms with Crippen molar-refractivity contribution in [3.8, 4) is 12.3 Å². The van der Waals surface area contributed by atoms with E-state index < -0.39 is 0 Å². The van der Waals surface area contributed by atoms with Gasteiger partial charge in [0, 0.05) is 5.56 Å². The standard InChI is InChI=1S/C14H16O/c1-4-10-5-6-11-8-14(2,3)9-13(15)12(11)7-10/h1,5-7,13,15H,8-9H2,2-3H3. The topological polar surface area (TPSA) is 20.2 Å². The van der Waals surface area contributed by atoms with E-state index in [0.29, 0.717) is 0 Å². The summed E-state index contributed by atoms with van der Waals surface area (Å²) in [7, 11) is 0. The molecule has 1 aliphatic carbocycles. The van der Waals surface area contributed by atoms with Crippen LogP contribution in [0.1, 0.15) is 43.1 Å². The van der Waals surface area contributed by atoms with Crippen molar-refractivity contribution in [2.24, 2.45) is 5.41 Å². The minimum absolute atomic E-state index is 0.185. The number of aliphatic hydroxyl groups excluding tert-OH is 1. The van der Waals surface area contributed by atoms with Crippen LogP contribution >= 0.6 is 0 Å². The number of hydrogen-bond donors (Lipinski definition) is 1. The maximum Gasteiger partial charge on any atom is 0.0798 e. The van der Waals surface area contributed by atoms with E-state index in [1.165, 1.54) is 5.56 Å². The fraction of sp³-hybridized carbons (Fsp3) is 0.429. The molecule has 1 nitrogen and oxygen atoms in total. The summed E-state index contributed by atoms with van der Waals surface area (Å²) in [6.07, 6.45) is 6.82. The first-order valence-electron chi connectivity index (χ1n) is 5.29. The number of terminal acetylenes is 1. The van der Waals surface area contributed by atoms with Crippen molar-refractivity contribution in [1.29, 1.82) is 0 Å². The van der Waals surface area contributed by atoms with E-state index in [1.54, 1.807) is 0 Å². The fourth-order valence-electron chi connectivity index (χ4n) is 2.38. The molecule has 1 aliphatic rings. The average Bonchev–Trinajstić information content (AvgIpc) is 2.15. The molecule has 2 rings (SSSR count). The first-order valence-corrected chi connectivity index (χ1v) is 5.29. The van der Waals surface area contributed by atoms with Crippen LogP contribution in [-0.2, 0) is 6.42 Å². The summed E-state index contributed by atoms with van der Waals surface area (Å²) in [6.45, 7) is 4.38. The molecule has 0 spiro atoms. The lowest BCUT2D eigenvalue weighted by molar-refractivity contribution is 0.0998. The quantitative estimate of drug-likeness (QED) is 0.638. The Bertz CT molecular complexity index is 423. The second kappa shape index (κ2) is 3.40. The Morgan fingerprint density at radius 2 is 2.20 bits per heavy atom. The minimum atomic E-state index is -0.364. The van der Waals surface area contributed by atoms with Gasteiger partial charge in [0.05, 0.1) is 6.10 Å². The van der Waals surface area contributed by atoms with Gasteiger partial charge in [-0.2, -0.15) is 0 Å². The van der Waals surface area contributed by atoms with Gasteiger partial charge in [-0.3, -0.25) is 0 Å². The molecule has 78 valence electrons. The van der Waals surface area contributed by atoms with Gasteiger partial charge in [-0.25, -0.2) is 0 Å². The highest BCUT2D eigenvalue weighted by Gasteiger charge is 2.30. The van der Waals surface area contributed by atoms with Crippen molar-refractivity contribution in [2.45, 2.75) is 32.8 Å². The molecule has 0 amide bonds. The summed E-state index contributed by atoms with van der Waals surface area (Å²) in [5, 5.41) is 10.0. The first kappa shape index (κ1) is 10.3. The number of fused-ring (bicyclic) bond motifs is 1. The van der Waals surface area contributed by atoms with Gasteiger partial charge >= 0.3 is 0 Å². The smallest absolute Gasteiger partial charge is 0.0798 e. The van der Waals surface area contributed by atoms with Crippen LogP contribution in [0.15, 0.2) is 18.2 Å². The van der Waals surface area contributed by atoms with Gasteiger partial charge in [-0.05, 0) is 41.5 Å². The molecule has 0 aromatic heterocycles. The summed E-state index contributed by atoms with van der Waals surface area (Å²) in [4.78, 5) is 0. The lowest BCUT2D eigenvalue weighted by Crippen LogP contribution is -2.25. The Labute approximate surface area is 91.1 Å². The highest BCUT2D eigenvalue weighted by atomic mass is 16.3. The molecule has 1 N–H and O–H groups in total. The molecule has 0 heterocycles. The molecule has 0 saturated heterocycles.